The number of aliphatic hydroxyl groups is 6. The van der Waals surface area contributed by atoms with E-state index in [0.717, 1.165) is 66.7 Å². The summed E-state index contributed by atoms with van der Waals surface area (Å²) in [6, 6.07) is -0.679. The summed E-state index contributed by atoms with van der Waals surface area (Å²) in [7, 11) is 1.47. The highest BCUT2D eigenvalue weighted by atomic mass is 35.5. The van der Waals surface area contributed by atoms with Gasteiger partial charge in [-0.1, -0.05) is 55.2 Å². The number of aliphatic hydroxyl groups excluding tert-OH is 6. The van der Waals surface area contributed by atoms with Gasteiger partial charge in [-0.25, -0.2) is 4.79 Å². The number of nitrogens with two attached hydrogens (primary N) is 2. The van der Waals surface area contributed by atoms with Gasteiger partial charge >= 0.3 is 5.97 Å². The molecule has 2 saturated heterocycles. The number of aromatic hydroxyl groups is 3. The highest BCUT2D eigenvalue weighted by molar-refractivity contribution is 6.32. The van der Waals surface area contributed by atoms with E-state index >= 15 is 14.4 Å². The molecule has 101 heavy (non-hydrogen) atoms. The standard InChI is InChI=1S/C66H75Cl2N9O24/c1-23(2)12-34(71-5)58(88)76-49-51(83)26-7-10-38(32(67)14-26)97-40-16-28-17-41(55(40)101-65-56(54(86)53(85)42(22-78)99-65)100-44-21-66(4,70)57(87)24(3)96-44)98-39-11-8-27(15-33(39)68)52(84)50-63(93)75-48(64(94)95)31-18-29(79)19-37(81)45(31)30-13-25(6-9-36(30)80)46(60(90)77-50)74-61(91)47(28)73-59(89)35(20-43(69)82)72-62(49)92/h6-11,13-19,23-24,34-35,42,44,46-54,56-57,65,71,78-81,83-87H,12,20-22,70H2,1-5H3,(H2,69,82)(H,72,92)(H,73,89)(H,74,91)(H,75,93)(H,76,88)(H,77,90)(H,94,95)/t24?,34-,35+,42?,44?,46-,47-,48+,49-,50+,51-,52-,53?,54?,56?,57?,65?,66?/m1/s1. The molecule has 21 N–H and O–H groups in total. The van der Waals surface area contributed by atoms with Crippen LogP contribution in [-0.2, 0) is 52.6 Å². The summed E-state index contributed by atoms with van der Waals surface area (Å²) in [5.41, 5.74) is 8.00. The van der Waals surface area contributed by atoms with Gasteiger partial charge in [-0.05, 0) is 110 Å². The fourth-order valence-electron chi connectivity index (χ4n) is 12.5. The van der Waals surface area contributed by atoms with Crippen LogP contribution in [0.25, 0.3) is 11.1 Å². The van der Waals surface area contributed by atoms with Crippen LogP contribution in [0.15, 0.2) is 78.9 Å². The number of carbonyl (C=O) groups excluding carboxylic acids is 7. The molecule has 18 atom stereocenters. The monoisotopic (exact) mass is 1450 g/mol. The predicted molar refractivity (Wildman–Crippen MR) is 349 cm³/mol. The Bertz CT molecular complexity index is 4070. The van der Waals surface area contributed by atoms with Crippen LogP contribution in [0.4, 0.5) is 0 Å². The summed E-state index contributed by atoms with van der Waals surface area (Å²) < 4.78 is 38.3. The van der Waals surface area contributed by atoms with Crippen LogP contribution in [0.5, 0.6) is 46.0 Å². The molecule has 9 unspecified atom stereocenters. The van der Waals surface area contributed by atoms with E-state index in [9.17, 15) is 75.0 Å². The molecule has 542 valence electrons. The van der Waals surface area contributed by atoms with Crippen LogP contribution >= 0.6 is 23.2 Å². The van der Waals surface area contributed by atoms with Crippen molar-refractivity contribution < 1.29 is 118 Å². The molecule has 0 saturated carbocycles. The summed E-state index contributed by atoms with van der Waals surface area (Å²) in [6.07, 6.45) is -18.6. The zero-order chi connectivity index (χ0) is 73.5. The Morgan fingerprint density at radius 3 is 1.90 bits per heavy atom. The molecule has 0 spiro atoms. The van der Waals surface area contributed by atoms with Crippen molar-refractivity contribution in [1.82, 2.24) is 37.2 Å². The third-order valence-electron chi connectivity index (χ3n) is 17.8. The van der Waals surface area contributed by atoms with Crippen LogP contribution in [0.3, 0.4) is 0 Å². The van der Waals surface area contributed by atoms with Gasteiger partial charge < -0.3 is 128 Å². The molecule has 0 aromatic heterocycles. The van der Waals surface area contributed by atoms with E-state index in [1.807, 2.05) is 13.8 Å². The van der Waals surface area contributed by atoms with Crippen LogP contribution in [-0.4, -0.2) is 191 Å². The molecular weight excluding hydrogens is 1370 g/mol. The summed E-state index contributed by atoms with van der Waals surface area (Å²) in [4.78, 5) is 117. The number of nitrogens with one attached hydrogen (secondary N) is 7. The molecule has 35 heteroatoms. The molecule has 7 heterocycles. The number of amides is 7. The number of aliphatic carboxylic acids is 1. The third kappa shape index (κ3) is 15.8. The van der Waals surface area contributed by atoms with Gasteiger partial charge in [0.15, 0.2) is 29.9 Å². The number of carbonyl (C=O) groups is 8. The first-order valence-corrected chi connectivity index (χ1v) is 32.4. The van der Waals surface area contributed by atoms with Crippen molar-refractivity contribution in [2.45, 2.75) is 156 Å². The summed E-state index contributed by atoms with van der Waals surface area (Å²) in [5.74, 6) is -16.0. The Kier molecular flexibility index (Phi) is 22.2. The minimum absolute atomic E-state index is 0.0975. The number of ether oxygens (including phenoxy) is 6. The van der Waals surface area contributed by atoms with E-state index < -0.39 is 237 Å². The minimum atomic E-state index is -2.35. The molecular formula is C66H75Cl2N9O24. The zero-order valence-electron chi connectivity index (χ0n) is 54.3. The quantitative estimate of drug-likeness (QED) is 0.0743. The lowest BCUT2D eigenvalue weighted by molar-refractivity contribution is -0.333. The minimum Gasteiger partial charge on any atom is -0.508 e. The van der Waals surface area contributed by atoms with Crippen molar-refractivity contribution in [3.63, 3.8) is 0 Å². The predicted octanol–water partition coefficient (Wildman–Crippen LogP) is 0.106. The molecule has 0 radical (unpaired) electrons. The number of hydrogen-bond donors (Lipinski definition) is 19. The molecule has 5 aromatic rings. The average Bonchev–Trinajstić information content (AvgIpc) is 0.775. The van der Waals surface area contributed by atoms with Crippen molar-refractivity contribution in [2.75, 3.05) is 13.7 Å². The first-order valence-electron chi connectivity index (χ1n) is 31.6. The molecule has 7 aliphatic rings. The Balaban J connectivity index is 1.24. The third-order valence-corrected chi connectivity index (χ3v) is 18.4. The number of fused-ring (bicyclic) bond motifs is 15. The summed E-state index contributed by atoms with van der Waals surface area (Å²) in [6.45, 7) is 5.66. The lowest BCUT2D eigenvalue weighted by Crippen LogP contribution is -2.64. The number of carboxylic acid groups (broad SMARTS) is 1. The molecule has 12 rings (SSSR count). The maximum Gasteiger partial charge on any atom is 0.330 e. The van der Waals surface area contributed by atoms with Gasteiger partial charge in [0.2, 0.25) is 53.4 Å². The second-order valence-corrected chi connectivity index (χ2v) is 26.5. The first kappa shape index (κ1) is 74.5. The van der Waals surface area contributed by atoms with Crippen molar-refractivity contribution in [2.24, 2.45) is 17.4 Å². The highest BCUT2D eigenvalue weighted by Gasteiger charge is 2.51. The fraction of sp³-hybridized carbons (Fsp3) is 0.424. The normalized spacial score (nSPS) is 29.4. The van der Waals surface area contributed by atoms with Gasteiger partial charge in [0, 0.05) is 34.7 Å². The average molecular weight is 1450 g/mol. The molecule has 0 aliphatic carbocycles. The molecule has 33 nitrogen and oxygen atoms in total. The van der Waals surface area contributed by atoms with Crippen LogP contribution in [0.2, 0.25) is 10.0 Å². The number of primary amides is 1. The topological polar surface area (TPSA) is 530 Å². The van der Waals surface area contributed by atoms with Gasteiger partial charge in [-0.2, -0.15) is 0 Å². The number of halogens is 2. The van der Waals surface area contributed by atoms with Crippen molar-refractivity contribution in [3.8, 4) is 57.1 Å². The second-order valence-electron chi connectivity index (χ2n) is 25.7. The van der Waals surface area contributed by atoms with E-state index in [1.54, 1.807) is 0 Å². The Morgan fingerprint density at radius 2 is 1.32 bits per heavy atom. The number of phenols is 3. The smallest absolute Gasteiger partial charge is 0.330 e. The SMILES string of the molecule is CN[C@H](CC(C)C)C(=O)N[C@H]1C(=O)N[C@@H](CC(N)=O)C(=O)N[C@H]2C(=O)N[C@H]3C(=O)N[C@H](C(=O)N[C@H](C(=O)O)c4cc(O)cc(O)c4-c4cc3ccc4O)[C@H](O)c3ccc(c(Cl)c3)Oc3cc2cc(c3OC2OC(CO)C(O)C(O)C2OC2CC(C)(N)C(O)C(C)O2)Oc2ccc(cc2Cl)[C@H]1O. The molecule has 2 fully saturated rings. The van der Waals surface area contributed by atoms with Crippen LogP contribution < -0.4 is 62.9 Å². The lowest BCUT2D eigenvalue weighted by atomic mass is 9.86. The van der Waals surface area contributed by atoms with E-state index in [-0.39, 0.29) is 46.2 Å². The van der Waals surface area contributed by atoms with Crippen LogP contribution in [0.1, 0.15) is 105 Å². The Hall–Kier alpha value is -9.20. The van der Waals surface area contributed by atoms with E-state index in [4.69, 9.17) is 63.1 Å². The summed E-state index contributed by atoms with van der Waals surface area (Å²) in [5, 5.41) is 131. The second kappa shape index (κ2) is 30.2. The molecule has 11 bridgehead atoms. The van der Waals surface area contributed by atoms with Gasteiger partial charge in [0.1, 0.15) is 89.5 Å². The van der Waals surface area contributed by atoms with E-state index in [1.165, 1.54) is 33.0 Å². The number of likely N-dealkylation sites (N-methyl/N-ethyl adjacent to an activating group) is 1. The summed E-state index contributed by atoms with van der Waals surface area (Å²) >= 11 is 14.1. The number of phenolic OH excluding ortho intramolecular Hbond substituents is 3. The number of carboxylic acids is 1. The number of rotatable bonds is 13. The number of benzene rings is 5. The van der Waals surface area contributed by atoms with Gasteiger partial charge in [0.05, 0.1) is 41.3 Å². The van der Waals surface area contributed by atoms with Gasteiger partial charge in [-0.15, -0.1) is 0 Å². The van der Waals surface area contributed by atoms with Gasteiger partial charge in [0.25, 0.3) is 0 Å². The Labute approximate surface area is 584 Å². The van der Waals surface area contributed by atoms with Gasteiger partial charge in [-0.3, -0.25) is 33.6 Å². The van der Waals surface area contributed by atoms with Crippen molar-refractivity contribution in [3.05, 3.63) is 117 Å². The van der Waals surface area contributed by atoms with Crippen molar-refractivity contribution in [1.29, 1.82) is 0 Å². The fourth-order valence-corrected chi connectivity index (χ4v) is 12.9. The maximum absolute atomic E-state index is 16.0. The number of hydrogen-bond acceptors (Lipinski definition) is 25. The van der Waals surface area contributed by atoms with Crippen LogP contribution in [0, 0.1) is 5.92 Å². The zero-order valence-corrected chi connectivity index (χ0v) is 55.8. The molecule has 7 amide bonds. The first-order chi connectivity index (χ1) is 47.7. The largest absolute Gasteiger partial charge is 0.508 e. The molecule has 7 aliphatic heterocycles. The Morgan fingerprint density at radius 1 is 0.713 bits per heavy atom. The lowest BCUT2D eigenvalue weighted by Gasteiger charge is -2.47. The molecule has 5 aromatic carbocycles. The van der Waals surface area contributed by atoms with E-state index in [2.05, 4.69) is 37.2 Å². The van der Waals surface area contributed by atoms with Crippen molar-refractivity contribution >= 4 is 70.5 Å². The highest BCUT2D eigenvalue weighted by Crippen LogP contribution is 2.50. The maximum atomic E-state index is 16.0. The van der Waals surface area contributed by atoms with E-state index in [0.29, 0.717) is 0 Å².